The molecule has 0 spiro atoms. The molecule has 2 aromatic rings. The van der Waals surface area contributed by atoms with Gasteiger partial charge >= 0.3 is 5.97 Å². The van der Waals surface area contributed by atoms with E-state index in [1.807, 2.05) is 29.2 Å². The first-order chi connectivity index (χ1) is 15.5. The Morgan fingerprint density at radius 2 is 1.72 bits per heavy atom. The van der Waals surface area contributed by atoms with Gasteiger partial charge in [-0.1, -0.05) is 23.5 Å². The number of nitrogens with zero attached hydrogens (tertiary/aromatic N) is 3. The SMILES string of the molecule is O=C(O)CC1CCC(c2ccc(C(=O)Nc3nnc(CC(=O)N4CCCC4)s3)cc2)CC1. The largest absolute Gasteiger partial charge is 0.481 e. The van der Waals surface area contributed by atoms with E-state index in [0.717, 1.165) is 51.6 Å². The van der Waals surface area contributed by atoms with Gasteiger partial charge in [0.2, 0.25) is 11.0 Å². The lowest BCUT2D eigenvalue weighted by atomic mass is 9.77. The molecule has 1 saturated heterocycles. The van der Waals surface area contributed by atoms with Crippen LogP contribution in [0.15, 0.2) is 24.3 Å². The number of amides is 2. The van der Waals surface area contributed by atoms with E-state index in [9.17, 15) is 14.4 Å². The molecule has 1 aliphatic carbocycles. The number of benzene rings is 1. The molecular weight excluding hydrogens is 428 g/mol. The van der Waals surface area contributed by atoms with Crippen molar-refractivity contribution in [3.05, 3.63) is 40.4 Å². The van der Waals surface area contributed by atoms with Gasteiger partial charge in [0.25, 0.3) is 5.91 Å². The first kappa shape index (κ1) is 22.4. The minimum absolute atomic E-state index is 0.0594. The van der Waals surface area contributed by atoms with Crippen LogP contribution in [0.25, 0.3) is 0 Å². The molecule has 0 atom stereocenters. The van der Waals surface area contributed by atoms with E-state index in [0.29, 0.717) is 21.6 Å². The summed E-state index contributed by atoms with van der Waals surface area (Å²) in [5, 5.41) is 20.8. The van der Waals surface area contributed by atoms with E-state index < -0.39 is 5.97 Å². The Hall–Kier alpha value is -2.81. The summed E-state index contributed by atoms with van der Waals surface area (Å²) >= 11 is 1.23. The maximum absolute atomic E-state index is 12.6. The van der Waals surface area contributed by atoms with E-state index in [4.69, 9.17) is 5.11 Å². The zero-order valence-corrected chi connectivity index (χ0v) is 18.8. The summed E-state index contributed by atoms with van der Waals surface area (Å²) in [6.07, 6.45) is 6.39. The molecule has 2 aliphatic rings. The van der Waals surface area contributed by atoms with Crippen LogP contribution in [-0.4, -0.2) is 51.1 Å². The molecule has 0 bridgehead atoms. The van der Waals surface area contributed by atoms with Gasteiger partial charge < -0.3 is 10.0 Å². The number of anilines is 1. The third-order valence-electron chi connectivity index (χ3n) is 6.40. The first-order valence-corrected chi connectivity index (χ1v) is 12.0. The summed E-state index contributed by atoms with van der Waals surface area (Å²) in [6.45, 7) is 1.61. The van der Waals surface area contributed by atoms with Crippen molar-refractivity contribution in [2.24, 2.45) is 5.92 Å². The third kappa shape index (κ3) is 5.70. The molecule has 170 valence electrons. The van der Waals surface area contributed by atoms with Gasteiger partial charge in [-0.3, -0.25) is 19.7 Å². The molecule has 9 heteroatoms. The Morgan fingerprint density at radius 1 is 1.03 bits per heavy atom. The van der Waals surface area contributed by atoms with E-state index in [1.54, 1.807) is 0 Å². The molecule has 1 aliphatic heterocycles. The van der Waals surface area contributed by atoms with Crippen LogP contribution < -0.4 is 5.32 Å². The number of aliphatic carboxylic acids is 1. The summed E-state index contributed by atoms with van der Waals surface area (Å²) in [4.78, 5) is 37.6. The summed E-state index contributed by atoms with van der Waals surface area (Å²) in [5.74, 6) is -0.226. The van der Waals surface area contributed by atoms with Crippen LogP contribution in [0.1, 0.15) is 71.8 Å². The maximum Gasteiger partial charge on any atom is 0.303 e. The molecule has 1 aromatic carbocycles. The second-order valence-corrected chi connectivity index (χ2v) is 9.72. The van der Waals surface area contributed by atoms with Crippen molar-refractivity contribution < 1.29 is 19.5 Å². The molecule has 1 saturated carbocycles. The zero-order valence-electron chi connectivity index (χ0n) is 18.0. The number of carboxylic acids is 1. The van der Waals surface area contributed by atoms with Crippen LogP contribution >= 0.6 is 11.3 Å². The Kier molecular flexibility index (Phi) is 7.14. The first-order valence-electron chi connectivity index (χ1n) is 11.2. The predicted molar refractivity (Wildman–Crippen MR) is 121 cm³/mol. The molecule has 8 nitrogen and oxygen atoms in total. The molecule has 1 aromatic heterocycles. The Labute approximate surface area is 191 Å². The number of rotatable bonds is 7. The normalized spacial score (nSPS) is 20.8. The smallest absolute Gasteiger partial charge is 0.303 e. The van der Waals surface area contributed by atoms with E-state index in [1.165, 1.54) is 16.9 Å². The Bertz CT molecular complexity index is 961. The van der Waals surface area contributed by atoms with Crippen molar-refractivity contribution in [1.29, 1.82) is 0 Å². The average Bonchev–Trinajstić information content (AvgIpc) is 3.46. The lowest BCUT2D eigenvalue weighted by Gasteiger charge is -2.28. The summed E-state index contributed by atoms with van der Waals surface area (Å²) in [7, 11) is 0. The van der Waals surface area contributed by atoms with E-state index in [-0.39, 0.29) is 30.6 Å². The molecule has 2 amide bonds. The van der Waals surface area contributed by atoms with Crippen molar-refractivity contribution >= 4 is 34.3 Å². The van der Waals surface area contributed by atoms with Gasteiger partial charge in [-0.15, -0.1) is 10.2 Å². The highest BCUT2D eigenvalue weighted by Gasteiger charge is 2.24. The van der Waals surface area contributed by atoms with E-state index >= 15 is 0 Å². The van der Waals surface area contributed by atoms with Gasteiger partial charge in [0, 0.05) is 25.1 Å². The van der Waals surface area contributed by atoms with Crippen LogP contribution in [0.5, 0.6) is 0 Å². The quantitative estimate of drug-likeness (QED) is 0.657. The Morgan fingerprint density at radius 3 is 2.38 bits per heavy atom. The van der Waals surface area contributed by atoms with Crippen molar-refractivity contribution in [3.8, 4) is 0 Å². The lowest BCUT2D eigenvalue weighted by molar-refractivity contribution is -0.138. The fraction of sp³-hybridized carbons (Fsp3) is 0.522. The van der Waals surface area contributed by atoms with Crippen molar-refractivity contribution in [2.75, 3.05) is 18.4 Å². The van der Waals surface area contributed by atoms with Crippen molar-refractivity contribution in [1.82, 2.24) is 15.1 Å². The highest BCUT2D eigenvalue weighted by atomic mass is 32.1. The monoisotopic (exact) mass is 456 g/mol. The number of likely N-dealkylation sites (tertiary alicyclic amines) is 1. The topological polar surface area (TPSA) is 112 Å². The molecule has 2 fully saturated rings. The number of carboxylic acid groups (broad SMARTS) is 1. The van der Waals surface area contributed by atoms with Gasteiger partial charge in [0.15, 0.2) is 0 Å². The number of nitrogens with one attached hydrogen (secondary N) is 1. The molecule has 32 heavy (non-hydrogen) atoms. The van der Waals surface area contributed by atoms with Crippen molar-refractivity contribution in [3.63, 3.8) is 0 Å². The summed E-state index contributed by atoms with van der Waals surface area (Å²) < 4.78 is 0. The second kappa shape index (κ2) is 10.2. The zero-order chi connectivity index (χ0) is 22.5. The van der Waals surface area contributed by atoms with Crippen LogP contribution in [0.3, 0.4) is 0 Å². The molecule has 2 heterocycles. The van der Waals surface area contributed by atoms with Crippen LogP contribution in [-0.2, 0) is 16.0 Å². The fourth-order valence-corrected chi connectivity index (χ4v) is 5.33. The van der Waals surface area contributed by atoms with Gasteiger partial charge in [-0.2, -0.15) is 0 Å². The third-order valence-corrected chi connectivity index (χ3v) is 7.24. The summed E-state index contributed by atoms with van der Waals surface area (Å²) in [5.41, 5.74) is 1.73. The second-order valence-electron chi connectivity index (χ2n) is 8.66. The van der Waals surface area contributed by atoms with Gasteiger partial charge in [-0.25, -0.2) is 0 Å². The van der Waals surface area contributed by atoms with Crippen molar-refractivity contribution in [2.45, 2.75) is 57.3 Å². The van der Waals surface area contributed by atoms with E-state index in [2.05, 4.69) is 15.5 Å². The minimum atomic E-state index is -0.718. The maximum atomic E-state index is 12.6. The van der Waals surface area contributed by atoms with Gasteiger partial charge in [0.1, 0.15) is 5.01 Å². The average molecular weight is 457 g/mol. The fourth-order valence-electron chi connectivity index (χ4n) is 4.61. The minimum Gasteiger partial charge on any atom is -0.481 e. The number of aromatic nitrogens is 2. The van der Waals surface area contributed by atoms with Gasteiger partial charge in [-0.05, 0) is 68.1 Å². The number of carbonyl (C=O) groups is 3. The highest BCUT2D eigenvalue weighted by Crippen LogP contribution is 2.37. The number of hydrogen-bond acceptors (Lipinski definition) is 6. The van der Waals surface area contributed by atoms with Crippen LogP contribution in [0, 0.1) is 5.92 Å². The molecule has 0 radical (unpaired) electrons. The highest BCUT2D eigenvalue weighted by molar-refractivity contribution is 7.15. The number of carbonyl (C=O) groups excluding carboxylic acids is 2. The molecule has 0 unspecified atom stereocenters. The number of hydrogen-bond donors (Lipinski definition) is 2. The molecule has 4 rings (SSSR count). The van der Waals surface area contributed by atoms with Crippen LogP contribution in [0.2, 0.25) is 0 Å². The molecule has 2 N–H and O–H groups in total. The standard InChI is InChI=1S/C23H28N4O4S/c28-20(27-11-1-2-12-27)14-19-25-26-23(32-19)24-22(31)18-9-7-17(8-10-18)16-5-3-15(4-6-16)13-21(29)30/h7-10,15-16H,1-6,11-14H2,(H,29,30)(H,24,26,31). The van der Waals surface area contributed by atoms with Gasteiger partial charge in [0.05, 0.1) is 6.42 Å². The summed E-state index contributed by atoms with van der Waals surface area (Å²) in [6, 6.07) is 7.59. The van der Waals surface area contributed by atoms with Crippen LogP contribution in [0.4, 0.5) is 5.13 Å². The predicted octanol–water partition coefficient (Wildman–Crippen LogP) is 3.70. The molecular formula is C23H28N4O4S. The Balaban J connectivity index is 1.28. The lowest BCUT2D eigenvalue weighted by Crippen LogP contribution is -2.28.